The molecule has 1 aromatic heterocycles. The summed E-state index contributed by atoms with van der Waals surface area (Å²) in [5, 5.41) is 10.8. The Hall–Kier alpha value is -1.95. The lowest BCUT2D eigenvalue weighted by atomic mass is 10.2. The molecular formula is C22H24Cl2N4S. The van der Waals surface area contributed by atoms with E-state index < -0.39 is 0 Å². The van der Waals surface area contributed by atoms with Gasteiger partial charge < -0.3 is 4.90 Å². The van der Waals surface area contributed by atoms with Crippen molar-refractivity contribution in [3.8, 4) is 11.4 Å². The van der Waals surface area contributed by atoms with Crippen LogP contribution in [0, 0.1) is 0 Å². The van der Waals surface area contributed by atoms with E-state index in [0.29, 0.717) is 16.6 Å². The van der Waals surface area contributed by atoms with Gasteiger partial charge in [-0.15, -0.1) is 16.8 Å². The van der Waals surface area contributed by atoms with E-state index in [2.05, 4.69) is 64.4 Å². The zero-order valence-corrected chi connectivity index (χ0v) is 18.9. The van der Waals surface area contributed by atoms with Crippen LogP contribution in [0.2, 0.25) is 10.0 Å². The van der Waals surface area contributed by atoms with Crippen LogP contribution in [-0.2, 0) is 12.3 Å². The zero-order valence-electron chi connectivity index (χ0n) is 16.6. The van der Waals surface area contributed by atoms with Gasteiger partial charge >= 0.3 is 0 Å². The predicted molar refractivity (Wildman–Crippen MR) is 125 cm³/mol. The molecule has 0 N–H and O–H groups in total. The topological polar surface area (TPSA) is 34.0 Å². The molecule has 1 heterocycles. The Balaban J connectivity index is 1.82. The smallest absolute Gasteiger partial charge is 0.192 e. The van der Waals surface area contributed by atoms with Gasteiger partial charge in [0, 0.05) is 36.6 Å². The van der Waals surface area contributed by atoms with Crippen LogP contribution >= 0.6 is 35.0 Å². The van der Waals surface area contributed by atoms with Gasteiger partial charge in [-0.2, -0.15) is 0 Å². The van der Waals surface area contributed by atoms with Crippen molar-refractivity contribution in [1.29, 1.82) is 0 Å². The first-order valence-electron chi connectivity index (χ1n) is 9.53. The van der Waals surface area contributed by atoms with Crippen LogP contribution in [0.15, 0.2) is 60.3 Å². The van der Waals surface area contributed by atoms with Gasteiger partial charge in [0.1, 0.15) is 0 Å². The monoisotopic (exact) mass is 446 g/mol. The molecule has 152 valence electrons. The van der Waals surface area contributed by atoms with E-state index in [1.807, 2.05) is 24.3 Å². The molecule has 0 saturated carbocycles. The fourth-order valence-electron chi connectivity index (χ4n) is 3.09. The van der Waals surface area contributed by atoms with Crippen LogP contribution in [0.1, 0.15) is 19.4 Å². The van der Waals surface area contributed by atoms with Crippen molar-refractivity contribution in [2.75, 3.05) is 18.0 Å². The molecule has 0 radical (unpaired) electrons. The van der Waals surface area contributed by atoms with E-state index in [0.717, 1.165) is 41.0 Å². The Labute approximate surface area is 186 Å². The lowest BCUT2D eigenvalue weighted by molar-refractivity contribution is 0.731. The van der Waals surface area contributed by atoms with Crippen molar-refractivity contribution in [2.24, 2.45) is 0 Å². The summed E-state index contributed by atoms with van der Waals surface area (Å²) in [6.07, 6.45) is 1.86. The number of hydrogen-bond acceptors (Lipinski definition) is 4. The minimum absolute atomic E-state index is 0.561. The molecule has 3 aromatic rings. The van der Waals surface area contributed by atoms with E-state index in [1.165, 1.54) is 5.69 Å². The first-order valence-corrected chi connectivity index (χ1v) is 11.3. The lowest BCUT2D eigenvalue weighted by Crippen LogP contribution is -2.21. The number of benzene rings is 2. The standard InChI is InChI=1S/C22H24Cl2N4S/c1-4-13-28-21(17-8-10-18(11-9-17)27(5-2)6-3)25-26-22(28)29-15-16-7-12-19(23)20(24)14-16/h4,7-12,14H,1,5-6,13,15H2,2-3H3. The normalized spacial score (nSPS) is 10.9. The van der Waals surface area contributed by atoms with Crippen LogP contribution in [0.3, 0.4) is 0 Å². The maximum atomic E-state index is 6.13. The van der Waals surface area contributed by atoms with Crippen LogP contribution in [0.5, 0.6) is 0 Å². The maximum Gasteiger partial charge on any atom is 0.192 e. The summed E-state index contributed by atoms with van der Waals surface area (Å²) in [6, 6.07) is 14.2. The molecule has 3 rings (SSSR count). The zero-order chi connectivity index (χ0) is 20.8. The Kier molecular flexibility index (Phi) is 7.64. The summed E-state index contributed by atoms with van der Waals surface area (Å²) in [5.41, 5.74) is 3.34. The third-order valence-electron chi connectivity index (χ3n) is 4.63. The first-order chi connectivity index (χ1) is 14.1. The highest BCUT2D eigenvalue weighted by Gasteiger charge is 2.14. The van der Waals surface area contributed by atoms with Gasteiger partial charge in [-0.1, -0.05) is 47.1 Å². The van der Waals surface area contributed by atoms with Crippen molar-refractivity contribution in [1.82, 2.24) is 14.8 Å². The van der Waals surface area contributed by atoms with Crippen molar-refractivity contribution in [2.45, 2.75) is 31.3 Å². The molecule has 0 aliphatic rings. The molecule has 0 unspecified atom stereocenters. The van der Waals surface area contributed by atoms with Crippen molar-refractivity contribution >= 4 is 40.7 Å². The number of halogens is 2. The highest BCUT2D eigenvalue weighted by molar-refractivity contribution is 7.98. The fourth-order valence-corrected chi connectivity index (χ4v) is 4.30. The molecule has 4 nitrogen and oxygen atoms in total. The molecule has 0 atom stereocenters. The maximum absolute atomic E-state index is 6.13. The molecule has 2 aromatic carbocycles. The van der Waals surface area contributed by atoms with E-state index >= 15 is 0 Å². The van der Waals surface area contributed by atoms with Crippen LogP contribution in [0.25, 0.3) is 11.4 Å². The molecule has 29 heavy (non-hydrogen) atoms. The van der Waals surface area contributed by atoms with E-state index in [4.69, 9.17) is 23.2 Å². The number of rotatable bonds is 9. The van der Waals surface area contributed by atoms with Crippen molar-refractivity contribution in [3.05, 3.63) is 70.7 Å². The van der Waals surface area contributed by atoms with E-state index in [1.54, 1.807) is 11.8 Å². The second kappa shape index (κ2) is 10.2. The van der Waals surface area contributed by atoms with E-state index in [9.17, 15) is 0 Å². The molecule has 0 amide bonds. The predicted octanol–water partition coefficient (Wildman–Crippen LogP) is 6.58. The third kappa shape index (κ3) is 5.16. The molecule has 0 aliphatic carbocycles. The summed E-state index contributed by atoms with van der Waals surface area (Å²) < 4.78 is 2.08. The SMILES string of the molecule is C=CCn1c(SCc2ccc(Cl)c(Cl)c2)nnc1-c1ccc(N(CC)CC)cc1. The van der Waals surface area contributed by atoms with Crippen LogP contribution in [0.4, 0.5) is 5.69 Å². The minimum atomic E-state index is 0.561. The molecule has 0 spiro atoms. The molecule has 0 saturated heterocycles. The summed E-state index contributed by atoms with van der Waals surface area (Å²) in [4.78, 5) is 2.32. The third-order valence-corrected chi connectivity index (χ3v) is 6.41. The number of hydrogen-bond donors (Lipinski definition) is 0. The number of nitrogens with zero attached hydrogens (tertiary/aromatic N) is 4. The quantitative estimate of drug-likeness (QED) is 0.274. The van der Waals surface area contributed by atoms with Gasteiger partial charge in [0.05, 0.1) is 10.0 Å². The molecular weight excluding hydrogens is 423 g/mol. The molecule has 0 bridgehead atoms. The Morgan fingerprint density at radius 3 is 2.38 bits per heavy atom. The first kappa shape index (κ1) is 21.8. The summed E-state index contributed by atoms with van der Waals surface area (Å²) >= 11 is 13.7. The van der Waals surface area contributed by atoms with Gasteiger partial charge in [-0.3, -0.25) is 4.57 Å². The molecule has 7 heteroatoms. The van der Waals surface area contributed by atoms with Gasteiger partial charge in [-0.05, 0) is 55.8 Å². The minimum Gasteiger partial charge on any atom is -0.372 e. The summed E-state index contributed by atoms with van der Waals surface area (Å²) in [7, 11) is 0. The van der Waals surface area contributed by atoms with Gasteiger partial charge in [0.15, 0.2) is 11.0 Å². The lowest BCUT2D eigenvalue weighted by Gasteiger charge is -2.21. The summed E-state index contributed by atoms with van der Waals surface area (Å²) in [5.74, 6) is 1.57. The largest absolute Gasteiger partial charge is 0.372 e. The van der Waals surface area contributed by atoms with Gasteiger partial charge in [0.2, 0.25) is 0 Å². The molecule has 0 fully saturated rings. The Morgan fingerprint density at radius 1 is 1.03 bits per heavy atom. The Bertz CT molecular complexity index is 965. The molecule has 0 aliphatic heterocycles. The second-order valence-corrected chi connectivity index (χ2v) is 8.22. The number of thioether (sulfide) groups is 1. The summed E-state index contributed by atoms with van der Waals surface area (Å²) in [6.45, 7) is 10.8. The van der Waals surface area contributed by atoms with Crippen LogP contribution in [-0.4, -0.2) is 27.9 Å². The number of anilines is 1. The average molecular weight is 447 g/mol. The highest BCUT2D eigenvalue weighted by atomic mass is 35.5. The van der Waals surface area contributed by atoms with Crippen molar-refractivity contribution in [3.63, 3.8) is 0 Å². The highest BCUT2D eigenvalue weighted by Crippen LogP contribution is 2.30. The van der Waals surface area contributed by atoms with Crippen LogP contribution < -0.4 is 4.90 Å². The van der Waals surface area contributed by atoms with E-state index in [-0.39, 0.29) is 0 Å². The Morgan fingerprint density at radius 2 is 1.76 bits per heavy atom. The van der Waals surface area contributed by atoms with Crippen molar-refractivity contribution < 1.29 is 0 Å². The second-order valence-electron chi connectivity index (χ2n) is 6.46. The number of allylic oxidation sites excluding steroid dienone is 1. The van der Waals surface area contributed by atoms with Gasteiger partial charge in [-0.25, -0.2) is 0 Å². The van der Waals surface area contributed by atoms with Gasteiger partial charge in [0.25, 0.3) is 0 Å². The number of aromatic nitrogens is 3. The average Bonchev–Trinajstić information content (AvgIpc) is 3.13. The fraction of sp³-hybridized carbons (Fsp3) is 0.273.